The van der Waals surface area contributed by atoms with Gasteiger partial charge in [0, 0.05) is 9.35 Å². The zero-order chi connectivity index (χ0) is 12.7. The maximum absolute atomic E-state index is 12.3. The molecule has 0 fully saturated rings. The van der Waals surface area contributed by atoms with E-state index in [-0.39, 0.29) is 5.56 Å². The summed E-state index contributed by atoms with van der Waals surface area (Å²) in [7, 11) is 0. The molecule has 0 saturated carbocycles. The molecule has 0 atom stereocenters. The Morgan fingerprint density at radius 3 is 2.83 bits per heavy atom. The normalized spacial score (nSPS) is 11.2. The van der Waals surface area contributed by atoms with Crippen molar-refractivity contribution in [1.82, 2.24) is 9.55 Å². The number of aromatic amines is 1. The third kappa shape index (κ3) is 2.01. The van der Waals surface area contributed by atoms with Crippen LogP contribution in [0.3, 0.4) is 0 Å². The minimum Gasteiger partial charge on any atom is -0.323 e. The lowest BCUT2D eigenvalue weighted by Crippen LogP contribution is -2.21. The molecule has 92 valence electrons. The topological polar surface area (TPSA) is 37.8 Å². The largest absolute Gasteiger partial charge is 0.323 e. The standard InChI is InChI=1S/C11H7BrN2OS3/c12-7-2-4-17-8(7)5-14-10(15)6-1-3-18-9(6)13-11(14)16/h1-4H,5H2,(H,13,16). The van der Waals surface area contributed by atoms with E-state index in [1.54, 1.807) is 15.9 Å². The molecule has 0 bridgehead atoms. The van der Waals surface area contributed by atoms with Crippen molar-refractivity contribution in [3.63, 3.8) is 0 Å². The van der Waals surface area contributed by atoms with E-state index in [1.807, 2.05) is 22.9 Å². The van der Waals surface area contributed by atoms with E-state index < -0.39 is 0 Å². The van der Waals surface area contributed by atoms with Crippen LogP contribution in [0.5, 0.6) is 0 Å². The highest BCUT2D eigenvalue weighted by molar-refractivity contribution is 9.10. The molecule has 0 spiro atoms. The number of nitrogens with one attached hydrogen (secondary N) is 1. The van der Waals surface area contributed by atoms with Crippen LogP contribution in [-0.2, 0) is 6.54 Å². The Morgan fingerprint density at radius 2 is 2.11 bits per heavy atom. The fourth-order valence-electron chi connectivity index (χ4n) is 1.70. The SMILES string of the molecule is O=c1c2ccsc2[nH]c(=S)n1Cc1sccc1Br. The van der Waals surface area contributed by atoms with E-state index >= 15 is 0 Å². The number of hydrogen-bond acceptors (Lipinski definition) is 4. The number of rotatable bonds is 2. The molecule has 3 aromatic heterocycles. The zero-order valence-corrected chi connectivity index (χ0v) is 13.0. The van der Waals surface area contributed by atoms with E-state index in [2.05, 4.69) is 20.9 Å². The van der Waals surface area contributed by atoms with Crippen molar-refractivity contribution in [1.29, 1.82) is 0 Å². The number of nitrogens with zero attached hydrogens (tertiary/aromatic N) is 1. The third-order valence-corrected chi connectivity index (χ3v) is 5.66. The Balaban J connectivity index is 2.20. The lowest BCUT2D eigenvalue weighted by Gasteiger charge is -2.05. The molecule has 3 aromatic rings. The first-order chi connectivity index (χ1) is 8.66. The van der Waals surface area contributed by atoms with Gasteiger partial charge in [-0.1, -0.05) is 0 Å². The molecule has 3 heterocycles. The summed E-state index contributed by atoms with van der Waals surface area (Å²) in [5, 5.41) is 4.57. The fourth-order valence-corrected chi connectivity index (χ4v) is 4.26. The summed E-state index contributed by atoms with van der Waals surface area (Å²) in [6, 6.07) is 3.80. The van der Waals surface area contributed by atoms with Crippen molar-refractivity contribution in [2.45, 2.75) is 6.54 Å². The number of aromatic nitrogens is 2. The fraction of sp³-hybridized carbons (Fsp3) is 0.0909. The van der Waals surface area contributed by atoms with Crippen molar-refractivity contribution in [2.24, 2.45) is 0 Å². The molecular formula is C11H7BrN2OS3. The van der Waals surface area contributed by atoms with Gasteiger partial charge in [-0.25, -0.2) is 0 Å². The highest BCUT2D eigenvalue weighted by Crippen LogP contribution is 2.23. The molecule has 0 aliphatic rings. The Morgan fingerprint density at radius 1 is 1.33 bits per heavy atom. The lowest BCUT2D eigenvalue weighted by atomic mass is 10.4. The highest BCUT2D eigenvalue weighted by atomic mass is 79.9. The van der Waals surface area contributed by atoms with Crippen LogP contribution in [0.4, 0.5) is 0 Å². The predicted octanol–water partition coefficient (Wildman–Crippen LogP) is 3.99. The summed E-state index contributed by atoms with van der Waals surface area (Å²) in [6.45, 7) is 0.498. The second-order valence-electron chi connectivity index (χ2n) is 3.68. The molecule has 0 amide bonds. The molecule has 18 heavy (non-hydrogen) atoms. The van der Waals surface area contributed by atoms with Gasteiger partial charge >= 0.3 is 0 Å². The summed E-state index contributed by atoms with van der Waals surface area (Å²) >= 11 is 11.8. The van der Waals surface area contributed by atoms with Crippen molar-refractivity contribution in [3.8, 4) is 0 Å². The van der Waals surface area contributed by atoms with Gasteiger partial charge in [-0.3, -0.25) is 9.36 Å². The van der Waals surface area contributed by atoms with Crippen LogP contribution in [0.15, 0.2) is 32.2 Å². The van der Waals surface area contributed by atoms with Crippen LogP contribution in [0, 0.1) is 4.77 Å². The smallest absolute Gasteiger partial charge is 0.263 e. The Kier molecular flexibility index (Phi) is 3.23. The summed E-state index contributed by atoms with van der Waals surface area (Å²) in [5.74, 6) is 0. The van der Waals surface area contributed by atoms with Crippen LogP contribution in [0.25, 0.3) is 10.2 Å². The molecule has 0 saturated heterocycles. The molecule has 0 unspecified atom stereocenters. The number of halogens is 1. The average molecular weight is 359 g/mol. The first kappa shape index (κ1) is 12.3. The van der Waals surface area contributed by atoms with E-state index in [1.165, 1.54) is 11.3 Å². The molecule has 0 aromatic carbocycles. The zero-order valence-electron chi connectivity index (χ0n) is 8.97. The van der Waals surface area contributed by atoms with E-state index in [4.69, 9.17) is 12.2 Å². The van der Waals surface area contributed by atoms with Gasteiger partial charge in [0.2, 0.25) is 0 Å². The molecule has 1 N–H and O–H groups in total. The Hall–Kier alpha value is -0.760. The summed E-state index contributed by atoms with van der Waals surface area (Å²) in [5.41, 5.74) is -0.0321. The first-order valence-electron chi connectivity index (χ1n) is 5.09. The Bertz CT molecular complexity index is 827. The summed E-state index contributed by atoms with van der Waals surface area (Å²) in [4.78, 5) is 17.3. The number of H-pyrrole nitrogens is 1. The molecule has 0 radical (unpaired) electrons. The van der Waals surface area contributed by atoms with Gasteiger partial charge in [-0.05, 0) is 51.0 Å². The van der Waals surface area contributed by atoms with E-state index in [9.17, 15) is 4.79 Å². The monoisotopic (exact) mass is 358 g/mol. The van der Waals surface area contributed by atoms with Gasteiger partial charge in [0.1, 0.15) is 4.83 Å². The molecule has 3 nitrogen and oxygen atoms in total. The number of fused-ring (bicyclic) bond motifs is 1. The van der Waals surface area contributed by atoms with Crippen LogP contribution in [-0.4, -0.2) is 9.55 Å². The molecule has 7 heteroatoms. The summed E-state index contributed by atoms with van der Waals surface area (Å²) < 4.78 is 3.08. The van der Waals surface area contributed by atoms with E-state index in [0.29, 0.717) is 16.7 Å². The van der Waals surface area contributed by atoms with Gasteiger partial charge in [-0.15, -0.1) is 22.7 Å². The lowest BCUT2D eigenvalue weighted by molar-refractivity contribution is 0.743. The van der Waals surface area contributed by atoms with Crippen molar-refractivity contribution in [3.05, 3.63) is 47.4 Å². The second kappa shape index (κ2) is 4.73. The number of thiophene rings is 2. The molecular weight excluding hydrogens is 352 g/mol. The van der Waals surface area contributed by atoms with Gasteiger partial charge in [-0.2, -0.15) is 0 Å². The van der Waals surface area contributed by atoms with Gasteiger partial charge in [0.25, 0.3) is 5.56 Å². The van der Waals surface area contributed by atoms with Crippen LogP contribution < -0.4 is 5.56 Å². The molecule has 0 aliphatic carbocycles. The van der Waals surface area contributed by atoms with E-state index in [0.717, 1.165) is 14.2 Å². The van der Waals surface area contributed by atoms with Gasteiger partial charge in [0.05, 0.1) is 11.9 Å². The maximum Gasteiger partial charge on any atom is 0.263 e. The van der Waals surface area contributed by atoms with Crippen molar-refractivity contribution < 1.29 is 0 Å². The van der Waals surface area contributed by atoms with Crippen LogP contribution in [0.2, 0.25) is 0 Å². The first-order valence-corrected chi connectivity index (χ1v) is 8.05. The van der Waals surface area contributed by atoms with Crippen molar-refractivity contribution >= 4 is 61.0 Å². The quantitative estimate of drug-likeness (QED) is 0.703. The average Bonchev–Trinajstić information content (AvgIpc) is 2.94. The Labute approximate surface area is 124 Å². The van der Waals surface area contributed by atoms with Crippen molar-refractivity contribution in [2.75, 3.05) is 0 Å². The summed E-state index contributed by atoms with van der Waals surface area (Å²) in [6.07, 6.45) is 0. The molecule has 3 rings (SSSR count). The predicted molar refractivity (Wildman–Crippen MR) is 82.4 cm³/mol. The highest BCUT2D eigenvalue weighted by Gasteiger charge is 2.09. The van der Waals surface area contributed by atoms with Crippen LogP contribution >= 0.6 is 50.8 Å². The third-order valence-electron chi connectivity index (χ3n) is 2.60. The minimum atomic E-state index is -0.0321. The van der Waals surface area contributed by atoms with Gasteiger partial charge in [0.15, 0.2) is 4.77 Å². The van der Waals surface area contributed by atoms with Crippen LogP contribution in [0.1, 0.15) is 4.88 Å². The molecule has 0 aliphatic heterocycles. The minimum absolute atomic E-state index is 0.0321. The maximum atomic E-state index is 12.3. The van der Waals surface area contributed by atoms with Gasteiger partial charge < -0.3 is 4.98 Å². The number of hydrogen-bond donors (Lipinski definition) is 1. The second-order valence-corrected chi connectivity index (χ2v) is 6.83.